The van der Waals surface area contributed by atoms with Crippen LogP contribution < -0.4 is 10.0 Å². The van der Waals surface area contributed by atoms with Crippen molar-refractivity contribution in [3.63, 3.8) is 0 Å². The van der Waals surface area contributed by atoms with Crippen molar-refractivity contribution in [1.29, 1.82) is 0 Å². The second-order valence-corrected chi connectivity index (χ2v) is 8.33. The van der Waals surface area contributed by atoms with Gasteiger partial charge in [0.1, 0.15) is 0 Å². The summed E-state index contributed by atoms with van der Waals surface area (Å²) >= 11 is 5.94. The van der Waals surface area contributed by atoms with Crippen LogP contribution in [0.15, 0.2) is 58.4 Å². The molecule has 2 aromatic rings. The summed E-state index contributed by atoms with van der Waals surface area (Å²) < 4.78 is 25.9. The highest BCUT2D eigenvalue weighted by Crippen LogP contribution is 2.13. The zero-order valence-corrected chi connectivity index (χ0v) is 20.0. The maximum Gasteiger partial charge on any atom is 0.240 e. The van der Waals surface area contributed by atoms with E-state index < -0.39 is 10.0 Å². The molecule has 0 saturated heterocycles. The number of nitrogens with zero attached hydrogens (tertiary/aromatic N) is 2. The fourth-order valence-corrected chi connectivity index (χ4v) is 3.32. The molecule has 0 saturated carbocycles. The van der Waals surface area contributed by atoms with Crippen molar-refractivity contribution in [3.05, 3.63) is 64.7 Å². The average molecular weight is 537 g/mol. The molecule has 0 aromatic heterocycles. The third-order valence-electron chi connectivity index (χ3n) is 3.94. The van der Waals surface area contributed by atoms with Crippen molar-refractivity contribution in [2.45, 2.75) is 24.9 Å². The van der Waals surface area contributed by atoms with Crippen LogP contribution in [0.2, 0.25) is 5.02 Å². The van der Waals surface area contributed by atoms with E-state index in [1.54, 1.807) is 24.3 Å². The van der Waals surface area contributed by atoms with E-state index in [1.165, 1.54) is 7.05 Å². The lowest BCUT2D eigenvalue weighted by Gasteiger charge is -2.22. The van der Waals surface area contributed by atoms with Gasteiger partial charge in [-0.1, -0.05) is 35.9 Å². The van der Waals surface area contributed by atoms with Crippen LogP contribution in [0.1, 0.15) is 18.1 Å². The zero-order valence-electron chi connectivity index (χ0n) is 16.1. The number of hydrogen-bond acceptors (Lipinski definition) is 3. The monoisotopic (exact) mass is 536 g/mol. The van der Waals surface area contributed by atoms with E-state index in [2.05, 4.69) is 15.0 Å². The Bertz CT molecular complexity index is 872. The van der Waals surface area contributed by atoms with Gasteiger partial charge < -0.3 is 10.2 Å². The molecule has 2 aromatic carbocycles. The Labute approximate surface area is 189 Å². The van der Waals surface area contributed by atoms with Gasteiger partial charge in [0.25, 0.3) is 0 Å². The molecule has 0 amide bonds. The Kier molecular flexibility index (Phi) is 10.2. The van der Waals surface area contributed by atoms with Gasteiger partial charge in [-0.25, -0.2) is 18.1 Å². The topological polar surface area (TPSA) is 73.8 Å². The number of hydrogen-bond donors (Lipinski definition) is 2. The molecule has 2 N–H and O–H groups in total. The molecule has 0 fully saturated rings. The van der Waals surface area contributed by atoms with Crippen molar-refractivity contribution in [3.8, 4) is 0 Å². The Morgan fingerprint density at radius 2 is 1.64 bits per heavy atom. The molecule has 2 rings (SSSR count). The molecule has 28 heavy (non-hydrogen) atoms. The summed E-state index contributed by atoms with van der Waals surface area (Å²) in [5.41, 5.74) is 2.06. The van der Waals surface area contributed by atoms with Gasteiger partial charge in [-0.2, -0.15) is 0 Å². The summed E-state index contributed by atoms with van der Waals surface area (Å²) in [6.07, 6.45) is 0. The third-order valence-corrected chi connectivity index (χ3v) is 5.63. The van der Waals surface area contributed by atoms with Gasteiger partial charge in [0.15, 0.2) is 5.96 Å². The van der Waals surface area contributed by atoms with E-state index in [0.29, 0.717) is 18.1 Å². The minimum atomic E-state index is -3.42. The molecule has 0 unspecified atom stereocenters. The van der Waals surface area contributed by atoms with Crippen LogP contribution in [-0.4, -0.2) is 39.9 Å². The molecular formula is C19H26ClIN4O2S. The number of guanidine groups is 1. The van der Waals surface area contributed by atoms with E-state index in [-0.39, 0.29) is 28.9 Å². The number of nitrogens with one attached hydrogen (secondary N) is 2. The number of aliphatic imine (C=N–C) groups is 1. The average Bonchev–Trinajstić information content (AvgIpc) is 2.67. The first kappa shape index (κ1) is 24.7. The van der Waals surface area contributed by atoms with Gasteiger partial charge in [0.05, 0.1) is 11.4 Å². The van der Waals surface area contributed by atoms with Gasteiger partial charge in [0, 0.05) is 25.2 Å². The smallest absolute Gasteiger partial charge is 0.240 e. The predicted octanol–water partition coefficient (Wildman–Crippen LogP) is 3.46. The number of rotatable bonds is 7. The predicted molar refractivity (Wildman–Crippen MR) is 126 cm³/mol. The van der Waals surface area contributed by atoms with Gasteiger partial charge >= 0.3 is 0 Å². The second-order valence-electron chi connectivity index (χ2n) is 6.00. The minimum absolute atomic E-state index is 0. The van der Waals surface area contributed by atoms with Crippen molar-refractivity contribution in [1.82, 2.24) is 14.9 Å². The highest BCUT2D eigenvalue weighted by molar-refractivity contribution is 14.0. The molecule has 0 heterocycles. The zero-order chi connectivity index (χ0) is 19.9. The normalized spacial score (nSPS) is 11.6. The van der Waals surface area contributed by atoms with Crippen molar-refractivity contribution in [2.75, 3.05) is 20.6 Å². The molecule has 0 spiro atoms. The molecule has 0 aliphatic rings. The molecule has 0 bridgehead atoms. The van der Waals surface area contributed by atoms with E-state index in [1.807, 2.05) is 43.1 Å². The van der Waals surface area contributed by atoms with E-state index >= 15 is 0 Å². The lowest BCUT2D eigenvalue weighted by atomic mass is 10.2. The summed E-state index contributed by atoms with van der Waals surface area (Å²) in [7, 11) is -0.0553. The number of halogens is 2. The Morgan fingerprint density at radius 1 is 1.07 bits per heavy atom. The maximum atomic E-state index is 11.8. The fourth-order valence-electron chi connectivity index (χ4n) is 2.47. The van der Waals surface area contributed by atoms with Gasteiger partial charge in [-0.05, 0) is 49.4 Å². The highest BCUT2D eigenvalue weighted by Gasteiger charge is 2.11. The van der Waals surface area contributed by atoms with Crippen LogP contribution in [0.3, 0.4) is 0 Å². The van der Waals surface area contributed by atoms with Crippen LogP contribution in [0.4, 0.5) is 0 Å². The molecule has 6 nitrogen and oxygen atoms in total. The largest absolute Gasteiger partial charge is 0.357 e. The van der Waals surface area contributed by atoms with Gasteiger partial charge in [-0.3, -0.25) is 0 Å². The van der Waals surface area contributed by atoms with E-state index in [0.717, 1.165) is 23.6 Å². The lowest BCUT2D eigenvalue weighted by molar-refractivity contribution is 0.477. The first-order valence-electron chi connectivity index (χ1n) is 8.62. The first-order valence-corrected chi connectivity index (χ1v) is 10.5. The number of benzene rings is 2. The molecular weight excluding hydrogens is 511 g/mol. The van der Waals surface area contributed by atoms with E-state index in [4.69, 9.17) is 11.6 Å². The van der Waals surface area contributed by atoms with Crippen LogP contribution in [0, 0.1) is 0 Å². The van der Waals surface area contributed by atoms with Gasteiger partial charge in [0.2, 0.25) is 10.0 Å². The molecule has 0 atom stereocenters. The summed E-state index contributed by atoms with van der Waals surface area (Å²) in [6.45, 7) is 3.92. The first-order chi connectivity index (χ1) is 12.9. The molecule has 9 heteroatoms. The summed E-state index contributed by atoms with van der Waals surface area (Å²) in [4.78, 5) is 6.92. The Balaban J connectivity index is 0.00000392. The molecule has 0 radical (unpaired) electrons. The van der Waals surface area contributed by atoms with Crippen LogP contribution in [-0.2, 0) is 23.1 Å². The Hall–Kier alpha value is -1.36. The molecule has 154 valence electrons. The Morgan fingerprint density at radius 3 is 2.18 bits per heavy atom. The quantitative estimate of drug-likeness (QED) is 0.323. The SMILES string of the molecule is CCNC(=NCc1ccc(S(=O)(=O)NC)cc1)N(C)Cc1ccc(Cl)cc1.I. The standard InChI is InChI=1S/C19H25ClN4O2S.HI/c1-4-22-19(24(3)14-16-5-9-17(20)10-6-16)23-13-15-7-11-18(12-8-15)27(25,26)21-2;/h5-12,21H,4,13-14H2,1-3H3,(H,22,23);1H. The second kappa shape index (κ2) is 11.6. The van der Waals surface area contributed by atoms with Crippen LogP contribution in [0.25, 0.3) is 0 Å². The maximum absolute atomic E-state index is 11.8. The third kappa shape index (κ3) is 7.23. The highest BCUT2D eigenvalue weighted by atomic mass is 127. The summed E-state index contributed by atoms with van der Waals surface area (Å²) in [6, 6.07) is 14.4. The molecule has 0 aliphatic carbocycles. The fraction of sp³-hybridized carbons (Fsp3) is 0.316. The summed E-state index contributed by atoms with van der Waals surface area (Å²) in [5.74, 6) is 0.777. The summed E-state index contributed by atoms with van der Waals surface area (Å²) in [5, 5.41) is 3.99. The van der Waals surface area contributed by atoms with Gasteiger partial charge in [-0.15, -0.1) is 24.0 Å². The van der Waals surface area contributed by atoms with Crippen LogP contribution >= 0.6 is 35.6 Å². The van der Waals surface area contributed by atoms with Crippen molar-refractivity contribution >= 4 is 51.6 Å². The van der Waals surface area contributed by atoms with E-state index in [9.17, 15) is 8.42 Å². The minimum Gasteiger partial charge on any atom is -0.357 e. The molecule has 0 aliphatic heterocycles. The van der Waals surface area contributed by atoms with Crippen LogP contribution in [0.5, 0.6) is 0 Å². The number of sulfonamides is 1. The van der Waals surface area contributed by atoms with Crippen molar-refractivity contribution < 1.29 is 8.42 Å². The van der Waals surface area contributed by atoms with Crippen molar-refractivity contribution in [2.24, 2.45) is 4.99 Å². The lowest BCUT2D eigenvalue weighted by Crippen LogP contribution is -2.38.